The standard InChI is InChI=1S/C22H24N4O2S/c1-4-5-13-25-18(19-12-9-14-28-19)15-29-22(25)23-20-16(2)24(3)26(21(20)27)17-10-7-6-8-11-17/h6-12,14-15H,4-5,13H2,1-3H3. The molecule has 0 radical (unpaired) electrons. The van der Waals surface area contributed by atoms with Crippen molar-refractivity contribution in [2.75, 3.05) is 0 Å². The quantitative estimate of drug-likeness (QED) is 0.467. The zero-order chi connectivity index (χ0) is 20.4. The Labute approximate surface area is 173 Å². The summed E-state index contributed by atoms with van der Waals surface area (Å²) in [7, 11) is 1.89. The topological polar surface area (TPSA) is 57.4 Å². The Balaban J connectivity index is 1.88. The van der Waals surface area contributed by atoms with Crippen LogP contribution >= 0.6 is 11.3 Å². The predicted molar refractivity (Wildman–Crippen MR) is 116 cm³/mol. The second-order valence-corrected chi connectivity index (χ2v) is 7.74. The van der Waals surface area contributed by atoms with Gasteiger partial charge in [-0.1, -0.05) is 31.5 Å². The molecule has 4 rings (SSSR count). The average Bonchev–Trinajstić information content (AvgIpc) is 3.44. The Hall–Kier alpha value is -3.06. The van der Waals surface area contributed by atoms with Gasteiger partial charge in [-0.25, -0.2) is 9.67 Å². The fraction of sp³-hybridized carbons (Fsp3) is 0.273. The van der Waals surface area contributed by atoms with Crippen LogP contribution in [0.15, 0.2) is 68.3 Å². The van der Waals surface area contributed by atoms with E-state index >= 15 is 0 Å². The first-order chi connectivity index (χ1) is 14.1. The van der Waals surface area contributed by atoms with E-state index in [1.54, 1.807) is 10.9 Å². The van der Waals surface area contributed by atoms with Crippen LogP contribution in [0.4, 0.5) is 5.69 Å². The molecule has 6 nitrogen and oxygen atoms in total. The number of aromatic nitrogens is 3. The maximum Gasteiger partial charge on any atom is 0.297 e. The van der Waals surface area contributed by atoms with Crippen LogP contribution in [0.3, 0.4) is 0 Å². The molecule has 0 bridgehead atoms. The Morgan fingerprint density at radius 1 is 1.14 bits per heavy atom. The van der Waals surface area contributed by atoms with E-state index in [-0.39, 0.29) is 5.56 Å². The van der Waals surface area contributed by atoms with Crippen LogP contribution in [0.5, 0.6) is 0 Å². The summed E-state index contributed by atoms with van der Waals surface area (Å²) < 4.78 is 11.3. The Kier molecular flexibility index (Phi) is 5.40. The third-order valence-corrected chi connectivity index (χ3v) is 5.90. The monoisotopic (exact) mass is 408 g/mol. The van der Waals surface area contributed by atoms with Gasteiger partial charge in [-0.2, -0.15) is 0 Å². The van der Waals surface area contributed by atoms with Crippen LogP contribution in [0, 0.1) is 6.92 Å². The molecule has 0 unspecified atom stereocenters. The van der Waals surface area contributed by atoms with Gasteiger partial charge in [-0.3, -0.25) is 9.48 Å². The highest BCUT2D eigenvalue weighted by atomic mass is 32.1. The zero-order valence-electron chi connectivity index (χ0n) is 16.8. The van der Waals surface area contributed by atoms with Crippen LogP contribution in [-0.4, -0.2) is 13.9 Å². The van der Waals surface area contributed by atoms with Gasteiger partial charge in [0.15, 0.2) is 16.2 Å². The fourth-order valence-electron chi connectivity index (χ4n) is 3.35. The molecule has 0 aliphatic rings. The Morgan fingerprint density at radius 2 is 1.93 bits per heavy atom. The molecule has 0 N–H and O–H groups in total. The number of benzene rings is 1. The van der Waals surface area contributed by atoms with Crippen molar-refractivity contribution in [2.45, 2.75) is 33.2 Å². The van der Waals surface area contributed by atoms with Crippen molar-refractivity contribution in [1.82, 2.24) is 13.9 Å². The number of para-hydroxylation sites is 1. The fourth-order valence-corrected chi connectivity index (χ4v) is 4.27. The van der Waals surface area contributed by atoms with Gasteiger partial charge in [0.1, 0.15) is 0 Å². The van der Waals surface area contributed by atoms with Crippen LogP contribution in [0.1, 0.15) is 25.5 Å². The van der Waals surface area contributed by atoms with Gasteiger partial charge in [0.2, 0.25) is 0 Å². The van der Waals surface area contributed by atoms with Gasteiger partial charge < -0.3 is 8.98 Å². The van der Waals surface area contributed by atoms with E-state index in [1.165, 1.54) is 11.3 Å². The molecule has 0 atom stereocenters. The number of hydrogen-bond acceptors (Lipinski definition) is 4. The predicted octanol–water partition coefficient (Wildman–Crippen LogP) is 4.64. The van der Waals surface area contributed by atoms with Gasteiger partial charge in [0.25, 0.3) is 5.56 Å². The molecular formula is C22H24N4O2S. The molecule has 1 aromatic carbocycles. The van der Waals surface area contributed by atoms with E-state index in [1.807, 2.05) is 66.5 Å². The molecule has 0 amide bonds. The van der Waals surface area contributed by atoms with E-state index < -0.39 is 0 Å². The molecule has 0 spiro atoms. The minimum absolute atomic E-state index is 0.119. The zero-order valence-corrected chi connectivity index (χ0v) is 17.6. The van der Waals surface area contributed by atoms with Crippen LogP contribution in [-0.2, 0) is 13.6 Å². The molecule has 4 aromatic rings. The van der Waals surface area contributed by atoms with E-state index in [4.69, 9.17) is 9.41 Å². The molecule has 29 heavy (non-hydrogen) atoms. The average molecular weight is 409 g/mol. The SMILES string of the molecule is CCCCn1c(-c2ccco2)csc1=Nc1c(C)n(C)n(-c2ccccc2)c1=O. The largest absolute Gasteiger partial charge is 0.463 e. The molecule has 7 heteroatoms. The van der Waals surface area contributed by atoms with Gasteiger partial charge in [-0.05, 0) is 37.6 Å². The van der Waals surface area contributed by atoms with E-state index in [2.05, 4.69) is 11.5 Å². The summed E-state index contributed by atoms with van der Waals surface area (Å²) in [5.74, 6) is 0.810. The first-order valence-electron chi connectivity index (χ1n) is 9.72. The molecular weight excluding hydrogens is 384 g/mol. The first-order valence-corrected chi connectivity index (χ1v) is 10.6. The number of hydrogen-bond donors (Lipinski definition) is 0. The lowest BCUT2D eigenvalue weighted by Gasteiger charge is -2.07. The number of nitrogens with zero attached hydrogens (tertiary/aromatic N) is 4. The maximum absolute atomic E-state index is 13.2. The van der Waals surface area contributed by atoms with Gasteiger partial charge >= 0.3 is 0 Å². The molecule has 150 valence electrons. The summed E-state index contributed by atoms with van der Waals surface area (Å²) in [6, 6.07) is 13.5. The van der Waals surface area contributed by atoms with Crippen molar-refractivity contribution >= 4 is 17.0 Å². The molecule has 3 aromatic heterocycles. The maximum atomic E-state index is 13.2. The third-order valence-electron chi connectivity index (χ3n) is 5.04. The van der Waals surface area contributed by atoms with E-state index in [0.717, 1.165) is 47.0 Å². The number of rotatable bonds is 6. The van der Waals surface area contributed by atoms with Crippen molar-refractivity contribution < 1.29 is 4.42 Å². The van der Waals surface area contributed by atoms with Gasteiger partial charge in [0.05, 0.1) is 23.3 Å². The van der Waals surface area contributed by atoms with Gasteiger partial charge in [-0.15, -0.1) is 11.3 Å². The molecule has 0 aliphatic heterocycles. The summed E-state index contributed by atoms with van der Waals surface area (Å²) in [5.41, 5.74) is 2.99. The van der Waals surface area contributed by atoms with Crippen molar-refractivity contribution in [3.05, 3.63) is 75.0 Å². The molecule has 0 saturated carbocycles. The van der Waals surface area contributed by atoms with Crippen LogP contribution in [0.2, 0.25) is 0 Å². The lowest BCUT2D eigenvalue weighted by molar-refractivity contribution is 0.562. The Morgan fingerprint density at radius 3 is 2.62 bits per heavy atom. The summed E-state index contributed by atoms with van der Waals surface area (Å²) in [5, 5.41) is 2.04. The summed E-state index contributed by atoms with van der Waals surface area (Å²) >= 11 is 1.53. The van der Waals surface area contributed by atoms with Crippen LogP contribution in [0.25, 0.3) is 17.1 Å². The third kappa shape index (κ3) is 3.53. The Bertz CT molecular complexity index is 1220. The van der Waals surface area contributed by atoms with E-state index in [0.29, 0.717) is 5.69 Å². The highest BCUT2D eigenvalue weighted by Gasteiger charge is 2.17. The minimum atomic E-state index is -0.119. The summed E-state index contributed by atoms with van der Waals surface area (Å²) in [6.45, 7) is 4.92. The van der Waals surface area contributed by atoms with Crippen molar-refractivity contribution in [2.24, 2.45) is 12.0 Å². The number of thiazole rings is 1. The lowest BCUT2D eigenvalue weighted by atomic mass is 10.3. The second-order valence-electron chi connectivity index (χ2n) is 6.91. The smallest absolute Gasteiger partial charge is 0.297 e. The molecule has 3 heterocycles. The number of furan rings is 1. The molecule has 0 aliphatic carbocycles. The van der Waals surface area contributed by atoms with Crippen molar-refractivity contribution in [3.8, 4) is 17.1 Å². The lowest BCUT2D eigenvalue weighted by Crippen LogP contribution is -2.20. The molecule has 0 saturated heterocycles. The normalized spacial score (nSPS) is 12.0. The van der Waals surface area contributed by atoms with Crippen molar-refractivity contribution in [3.63, 3.8) is 0 Å². The number of unbranched alkanes of at least 4 members (excludes halogenated alkanes) is 1. The highest BCUT2D eigenvalue weighted by Crippen LogP contribution is 2.22. The highest BCUT2D eigenvalue weighted by molar-refractivity contribution is 7.07. The van der Waals surface area contributed by atoms with Gasteiger partial charge in [0, 0.05) is 19.0 Å². The van der Waals surface area contributed by atoms with E-state index in [9.17, 15) is 4.79 Å². The molecule has 0 fully saturated rings. The van der Waals surface area contributed by atoms with Crippen LogP contribution < -0.4 is 10.4 Å². The minimum Gasteiger partial charge on any atom is -0.463 e. The van der Waals surface area contributed by atoms with Crippen molar-refractivity contribution in [1.29, 1.82) is 0 Å². The summed E-state index contributed by atoms with van der Waals surface area (Å²) in [6.07, 6.45) is 3.78. The first kappa shape index (κ1) is 19.3. The summed E-state index contributed by atoms with van der Waals surface area (Å²) in [4.78, 5) is 18.8. The second kappa shape index (κ2) is 8.13.